The molecule has 4 nitrogen and oxygen atoms in total. The molecule has 2 aromatic carbocycles. The molecule has 0 bridgehead atoms. The Morgan fingerprint density at radius 2 is 1.92 bits per heavy atom. The molecule has 0 saturated carbocycles. The summed E-state index contributed by atoms with van der Waals surface area (Å²) in [6.07, 6.45) is 1.14. The molecule has 0 aliphatic carbocycles. The van der Waals surface area contributed by atoms with E-state index in [2.05, 4.69) is 23.2 Å². The Labute approximate surface area is 155 Å². The number of fused-ring (bicyclic) bond motifs is 1. The van der Waals surface area contributed by atoms with E-state index in [1.54, 1.807) is 24.3 Å². The van der Waals surface area contributed by atoms with Crippen molar-refractivity contribution in [2.75, 3.05) is 17.6 Å². The first-order chi connectivity index (χ1) is 10.7. The maximum absolute atomic E-state index is 12.4. The quantitative estimate of drug-likeness (QED) is 0.800. The number of benzene rings is 2. The van der Waals surface area contributed by atoms with E-state index >= 15 is 0 Å². The average Bonchev–Trinajstić information content (AvgIpc) is 2.91. The third kappa shape index (κ3) is 4.41. The Morgan fingerprint density at radius 3 is 2.62 bits per heavy atom. The van der Waals surface area contributed by atoms with Crippen LogP contribution in [0.25, 0.3) is 0 Å². The molecule has 6 heteroatoms. The van der Waals surface area contributed by atoms with E-state index in [1.165, 1.54) is 11.1 Å². The number of anilines is 2. The third-order valence-corrected chi connectivity index (χ3v) is 3.99. The molecule has 1 amide bonds. The summed E-state index contributed by atoms with van der Waals surface area (Å²) in [4.78, 5) is 14.8. The molecule has 1 aliphatic rings. The van der Waals surface area contributed by atoms with Gasteiger partial charge in [-0.3, -0.25) is 9.69 Å². The van der Waals surface area contributed by atoms with Crippen LogP contribution < -0.4 is 11.1 Å². The van der Waals surface area contributed by atoms with Gasteiger partial charge in [0.2, 0.25) is 0 Å². The predicted molar refractivity (Wildman–Crippen MR) is 104 cm³/mol. The molecule has 130 valence electrons. The second-order valence-electron chi connectivity index (χ2n) is 5.73. The van der Waals surface area contributed by atoms with Crippen molar-refractivity contribution in [3.8, 4) is 0 Å². The van der Waals surface area contributed by atoms with Gasteiger partial charge in [0, 0.05) is 30.0 Å². The average molecular weight is 368 g/mol. The molecule has 0 fully saturated rings. The van der Waals surface area contributed by atoms with E-state index < -0.39 is 0 Å². The minimum atomic E-state index is -0.116. The van der Waals surface area contributed by atoms with Gasteiger partial charge in [0.05, 0.1) is 0 Å². The first-order valence-electron chi connectivity index (χ1n) is 7.67. The summed E-state index contributed by atoms with van der Waals surface area (Å²) in [5, 5.41) is 3.03. The number of carbonyl (C=O) groups excluding carboxylic acids is 1. The van der Waals surface area contributed by atoms with Crippen LogP contribution in [-0.4, -0.2) is 17.4 Å². The van der Waals surface area contributed by atoms with Gasteiger partial charge in [0.25, 0.3) is 5.91 Å². The van der Waals surface area contributed by atoms with Gasteiger partial charge in [0.15, 0.2) is 0 Å². The molecule has 2 aromatic rings. The van der Waals surface area contributed by atoms with E-state index in [0.717, 1.165) is 31.7 Å². The van der Waals surface area contributed by atoms with E-state index in [9.17, 15) is 4.79 Å². The zero-order valence-electron chi connectivity index (χ0n) is 13.6. The molecule has 0 atom stereocenters. The number of nitrogens with two attached hydrogens (primary N) is 1. The lowest BCUT2D eigenvalue weighted by Crippen LogP contribution is -2.17. The zero-order chi connectivity index (χ0) is 15.5. The Kier molecular flexibility index (Phi) is 7.55. The molecule has 3 N–H and O–H groups in total. The van der Waals surface area contributed by atoms with Crippen molar-refractivity contribution >= 4 is 42.1 Å². The van der Waals surface area contributed by atoms with Gasteiger partial charge in [-0.2, -0.15) is 0 Å². The summed E-state index contributed by atoms with van der Waals surface area (Å²) in [7, 11) is 0. The highest BCUT2D eigenvalue weighted by molar-refractivity contribution is 6.05. The van der Waals surface area contributed by atoms with E-state index in [-0.39, 0.29) is 30.7 Å². The van der Waals surface area contributed by atoms with Crippen LogP contribution in [0.4, 0.5) is 11.4 Å². The Balaban J connectivity index is 0.00000144. The van der Waals surface area contributed by atoms with E-state index in [4.69, 9.17) is 5.73 Å². The van der Waals surface area contributed by atoms with Gasteiger partial charge in [-0.05, 0) is 48.4 Å². The number of nitrogens with zero attached hydrogens (tertiary/aromatic N) is 1. The molecule has 3 rings (SSSR count). The number of carbonyl (C=O) groups is 1. The summed E-state index contributed by atoms with van der Waals surface area (Å²) < 4.78 is 0. The summed E-state index contributed by atoms with van der Waals surface area (Å²) >= 11 is 0. The van der Waals surface area contributed by atoms with Gasteiger partial charge >= 0.3 is 0 Å². The smallest absolute Gasteiger partial charge is 0.255 e. The normalized spacial score (nSPS) is 12.7. The number of rotatable bonds is 4. The van der Waals surface area contributed by atoms with Crippen LogP contribution in [0.1, 0.15) is 34.8 Å². The summed E-state index contributed by atoms with van der Waals surface area (Å²) in [5.74, 6) is -0.116. The van der Waals surface area contributed by atoms with E-state index in [1.807, 2.05) is 12.1 Å². The number of halogens is 2. The molecule has 0 radical (unpaired) electrons. The molecule has 24 heavy (non-hydrogen) atoms. The lowest BCUT2D eigenvalue weighted by Gasteiger charge is -2.13. The molecule has 0 unspecified atom stereocenters. The van der Waals surface area contributed by atoms with Crippen LogP contribution in [0.15, 0.2) is 42.5 Å². The van der Waals surface area contributed by atoms with Crippen LogP contribution >= 0.6 is 24.8 Å². The molecular weight excluding hydrogens is 345 g/mol. The minimum Gasteiger partial charge on any atom is -0.399 e. The summed E-state index contributed by atoms with van der Waals surface area (Å²) in [6.45, 7) is 5.13. The zero-order valence-corrected chi connectivity index (χ0v) is 15.3. The molecule has 1 aliphatic heterocycles. The standard InChI is InChI=1S/C18H21N3O.2ClH/c1-2-9-21-11-14-6-4-8-17(16(14)12-21)20-18(22)13-5-3-7-15(19)10-13;;/h3-8,10H,2,9,11-12,19H2,1H3,(H,20,22);2*1H. The van der Waals surface area contributed by atoms with Crippen molar-refractivity contribution in [3.63, 3.8) is 0 Å². The molecule has 0 spiro atoms. The van der Waals surface area contributed by atoms with Crippen molar-refractivity contribution in [1.29, 1.82) is 0 Å². The lowest BCUT2D eigenvalue weighted by atomic mass is 10.1. The maximum Gasteiger partial charge on any atom is 0.255 e. The van der Waals surface area contributed by atoms with Crippen LogP contribution in [0.3, 0.4) is 0 Å². The van der Waals surface area contributed by atoms with Gasteiger partial charge in [-0.1, -0.05) is 25.1 Å². The highest BCUT2D eigenvalue weighted by Crippen LogP contribution is 2.29. The van der Waals surface area contributed by atoms with E-state index in [0.29, 0.717) is 11.3 Å². The minimum absolute atomic E-state index is 0. The summed E-state index contributed by atoms with van der Waals surface area (Å²) in [6, 6.07) is 13.2. The highest BCUT2D eigenvalue weighted by Gasteiger charge is 2.21. The number of nitrogen functional groups attached to an aromatic ring is 1. The van der Waals surface area contributed by atoms with Crippen molar-refractivity contribution < 1.29 is 4.79 Å². The van der Waals surface area contributed by atoms with Crippen molar-refractivity contribution in [2.24, 2.45) is 0 Å². The number of hydrogen-bond donors (Lipinski definition) is 2. The fraction of sp³-hybridized carbons (Fsp3) is 0.278. The second kappa shape index (κ2) is 8.92. The maximum atomic E-state index is 12.4. The number of nitrogens with one attached hydrogen (secondary N) is 1. The summed E-state index contributed by atoms with van der Waals surface area (Å²) in [5.41, 5.74) is 10.4. The fourth-order valence-corrected chi connectivity index (χ4v) is 2.96. The molecule has 0 saturated heterocycles. The Bertz CT molecular complexity index is 706. The van der Waals surface area contributed by atoms with Crippen molar-refractivity contribution in [3.05, 3.63) is 59.2 Å². The molecule has 0 aromatic heterocycles. The van der Waals surface area contributed by atoms with Gasteiger partial charge < -0.3 is 11.1 Å². The van der Waals surface area contributed by atoms with Crippen molar-refractivity contribution in [1.82, 2.24) is 4.90 Å². The first kappa shape index (κ1) is 20.3. The lowest BCUT2D eigenvalue weighted by molar-refractivity contribution is 0.102. The van der Waals surface area contributed by atoms with Crippen molar-refractivity contribution in [2.45, 2.75) is 26.4 Å². The van der Waals surface area contributed by atoms with Crippen LogP contribution in [-0.2, 0) is 13.1 Å². The van der Waals surface area contributed by atoms with Crippen LogP contribution in [0.2, 0.25) is 0 Å². The van der Waals surface area contributed by atoms with Gasteiger partial charge in [0.1, 0.15) is 0 Å². The SMILES string of the molecule is CCCN1Cc2cccc(NC(=O)c3cccc(N)c3)c2C1.Cl.Cl. The third-order valence-electron chi connectivity index (χ3n) is 3.99. The number of amides is 1. The molecular formula is C18H23Cl2N3O. The topological polar surface area (TPSA) is 58.4 Å². The Morgan fingerprint density at radius 1 is 1.17 bits per heavy atom. The molecule has 1 heterocycles. The predicted octanol–water partition coefficient (Wildman–Crippen LogP) is 4.09. The first-order valence-corrected chi connectivity index (χ1v) is 7.67. The fourth-order valence-electron chi connectivity index (χ4n) is 2.96. The largest absolute Gasteiger partial charge is 0.399 e. The Hall–Kier alpha value is -1.75. The van der Waals surface area contributed by atoms with Crippen LogP contribution in [0, 0.1) is 0 Å². The number of hydrogen-bond acceptors (Lipinski definition) is 3. The van der Waals surface area contributed by atoms with Crippen LogP contribution in [0.5, 0.6) is 0 Å². The monoisotopic (exact) mass is 367 g/mol. The van der Waals surface area contributed by atoms with Gasteiger partial charge in [-0.25, -0.2) is 0 Å². The van der Waals surface area contributed by atoms with Gasteiger partial charge in [-0.15, -0.1) is 24.8 Å². The second-order valence-corrected chi connectivity index (χ2v) is 5.73. The highest BCUT2D eigenvalue weighted by atomic mass is 35.5.